The van der Waals surface area contributed by atoms with Gasteiger partial charge < -0.3 is 5.32 Å². The van der Waals surface area contributed by atoms with Gasteiger partial charge >= 0.3 is 0 Å². The van der Waals surface area contributed by atoms with Crippen LogP contribution in [0.4, 0.5) is 5.69 Å². The lowest BCUT2D eigenvalue weighted by molar-refractivity contribution is -0.126. The molecule has 6 nitrogen and oxygen atoms in total. The second-order valence-electron chi connectivity index (χ2n) is 9.40. The van der Waals surface area contributed by atoms with Gasteiger partial charge in [0.2, 0.25) is 5.91 Å². The molecule has 0 spiro atoms. The van der Waals surface area contributed by atoms with Crippen molar-refractivity contribution in [1.82, 2.24) is 15.1 Å². The summed E-state index contributed by atoms with van der Waals surface area (Å²) >= 11 is 1.57. The minimum Gasteiger partial charge on any atom is -0.350 e. The Kier molecular flexibility index (Phi) is 5.81. The van der Waals surface area contributed by atoms with Crippen LogP contribution in [-0.4, -0.2) is 27.1 Å². The molecule has 1 aliphatic rings. The molecule has 0 unspecified atom stereocenters. The number of hydrogen-bond acceptors (Lipinski definition) is 4. The van der Waals surface area contributed by atoms with Gasteiger partial charge in [0.15, 0.2) is 0 Å². The highest BCUT2D eigenvalue weighted by Gasteiger charge is 2.49. The number of amides is 2. The van der Waals surface area contributed by atoms with E-state index in [0.29, 0.717) is 17.9 Å². The van der Waals surface area contributed by atoms with Gasteiger partial charge in [0.1, 0.15) is 16.9 Å². The number of carbonyl (C=O) groups is 2. The maximum atomic E-state index is 13.9. The largest absolute Gasteiger partial charge is 0.350 e. The van der Waals surface area contributed by atoms with Crippen LogP contribution >= 0.6 is 11.3 Å². The molecule has 0 aliphatic carbocycles. The minimum absolute atomic E-state index is 0.219. The van der Waals surface area contributed by atoms with Crippen molar-refractivity contribution in [3.8, 4) is 10.6 Å². The molecule has 178 valence electrons. The number of nitrogens with zero attached hydrogens (tertiary/aromatic N) is 3. The molecule has 1 aliphatic heterocycles. The molecule has 5 rings (SSSR count). The molecule has 0 fully saturated rings. The predicted molar refractivity (Wildman–Crippen MR) is 140 cm³/mol. The summed E-state index contributed by atoms with van der Waals surface area (Å²) in [7, 11) is 0. The normalized spacial score (nSPS) is 17.4. The van der Waals surface area contributed by atoms with E-state index in [1.807, 2.05) is 93.7 Å². The van der Waals surface area contributed by atoms with E-state index in [4.69, 9.17) is 5.10 Å². The van der Waals surface area contributed by atoms with E-state index in [1.54, 1.807) is 20.9 Å². The van der Waals surface area contributed by atoms with Crippen molar-refractivity contribution in [2.75, 3.05) is 4.90 Å². The van der Waals surface area contributed by atoms with Crippen LogP contribution in [-0.2, 0) is 17.9 Å². The SMILES string of the molecule is Cc1ccc(CNC(=O)[C@@]2(C)Cn3nc(-c4cccs4)cc3C(=O)N2c2ccc(C)c(C)c2)cc1. The Morgan fingerprint density at radius 3 is 2.51 bits per heavy atom. The highest BCUT2D eigenvalue weighted by atomic mass is 32.1. The first-order valence-corrected chi connectivity index (χ1v) is 12.5. The second-order valence-corrected chi connectivity index (χ2v) is 10.3. The van der Waals surface area contributed by atoms with Gasteiger partial charge in [-0.15, -0.1) is 11.3 Å². The topological polar surface area (TPSA) is 67.2 Å². The first-order valence-electron chi connectivity index (χ1n) is 11.6. The van der Waals surface area contributed by atoms with Crippen LogP contribution in [0.15, 0.2) is 66.0 Å². The van der Waals surface area contributed by atoms with E-state index in [1.165, 1.54) is 5.56 Å². The molecule has 2 aromatic heterocycles. The summed E-state index contributed by atoms with van der Waals surface area (Å²) in [6.45, 7) is 8.54. The van der Waals surface area contributed by atoms with Crippen molar-refractivity contribution >= 4 is 28.8 Å². The van der Waals surface area contributed by atoms with E-state index in [0.717, 1.165) is 27.3 Å². The van der Waals surface area contributed by atoms with E-state index >= 15 is 0 Å². The van der Waals surface area contributed by atoms with Crippen molar-refractivity contribution in [2.45, 2.75) is 46.3 Å². The fraction of sp³-hybridized carbons (Fsp3) is 0.250. The fourth-order valence-corrected chi connectivity index (χ4v) is 5.16. The van der Waals surface area contributed by atoms with Crippen molar-refractivity contribution in [2.24, 2.45) is 0 Å². The van der Waals surface area contributed by atoms with Crippen LogP contribution in [0.3, 0.4) is 0 Å². The maximum absolute atomic E-state index is 13.9. The monoisotopic (exact) mass is 484 g/mol. The molecule has 0 bridgehead atoms. The lowest BCUT2D eigenvalue weighted by atomic mass is 9.93. The predicted octanol–water partition coefficient (Wildman–Crippen LogP) is 5.27. The zero-order valence-electron chi connectivity index (χ0n) is 20.3. The first-order chi connectivity index (χ1) is 16.8. The summed E-state index contributed by atoms with van der Waals surface area (Å²) in [5.41, 5.74) is 5.14. The molecule has 4 aromatic rings. The van der Waals surface area contributed by atoms with Crippen molar-refractivity contribution in [3.63, 3.8) is 0 Å². The van der Waals surface area contributed by atoms with Gasteiger partial charge in [0, 0.05) is 12.2 Å². The summed E-state index contributed by atoms with van der Waals surface area (Å²) < 4.78 is 1.68. The number of anilines is 1. The zero-order chi connectivity index (χ0) is 24.7. The van der Waals surface area contributed by atoms with Gasteiger partial charge in [-0.1, -0.05) is 42.0 Å². The summed E-state index contributed by atoms with van der Waals surface area (Å²) in [4.78, 5) is 30.3. The van der Waals surface area contributed by atoms with Crippen LogP contribution in [0, 0.1) is 20.8 Å². The number of rotatable bonds is 5. The summed E-state index contributed by atoms with van der Waals surface area (Å²) in [6.07, 6.45) is 0. The van der Waals surface area contributed by atoms with Gasteiger partial charge in [-0.2, -0.15) is 5.10 Å². The van der Waals surface area contributed by atoms with Gasteiger partial charge in [-0.25, -0.2) is 0 Å². The molecule has 1 N–H and O–H groups in total. The summed E-state index contributed by atoms with van der Waals surface area (Å²) in [5.74, 6) is -0.453. The zero-order valence-corrected chi connectivity index (χ0v) is 21.1. The van der Waals surface area contributed by atoms with Crippen LogP contribution < -0.4 is 10.2 Å². The van der Waals surface area contributed by atoms with E-state index in [-0.39, 0.29) is 18.4 Å². The van der Waals surface area contributed by atoms with Crippen LogP contribution in [0.1, 0.15) is 39.7 Å². The van der Waals surface area contributed by atoms with Crippen LogP contribution in [0.5, 0.6) is 0 Å². The molecule has 7 heteroatoms. The molecule has 2 amide bonds. The molecule has 0 saturated heterocycles. The fourth-order valence-electron chi connectivity index (χ4n) is 4.47. The molecule has 0 radical (unpaired) electrons. The summed E-state index contributed by atoms with van der Waals surface area (Å²) in [6, 6.07) is 19.7. The van der Waals surface area contributed by atoms with Gasteiger partial charge in [0.05, 0.1) is 11.4 Å². The van der Waals surface area contributed by atoms with Crippen LogP contribution in [0.25, 0.3) is 10.6 Å². The number of thiophene rings is 1. The Labute approximate surface area is 209 Å². The maximum Gasteiger partial charge on any atom is 0.277 e. The van der Waals surface area contributed by atoms with Crippen molar-refractivity contribution in [3.05, 3.63) is 94.0 Å². The number of benzene rings is 2. The molecule has 2 aromatic carbocycles. The number of nitrogens with one attached hydrogen (secondary N) is 1. The third-order valence-corrected chi connectivity index (χ3v) is 7.63. The Morgan fingerprint density at radius 1 is 1.06 bits per heavy atom. The summed E-state index contributed by atoms with van der Waals surface area (Å²) in [5, 5.41) is 9.76. The number of carbonyl (C=O) groups excluding carboxylic acids is 2. The Morgan fingerprint density at radius 2 is 1.83 bits per heavy atom. The standard InChI is InChI=1S/C28H28N4O2S/c1-18-7-10-21(11-8-18)16-29-27(34)28(4)17-31-24(15-23(30-31)25-6-5-13-35-25)26(33)32(28)22-12-9-19(2)20(3)14-22/h5-15H,16-17H2,1-4H3,(H,29,34)/t28-/m1/s1. The van der Waals surface area contributed by atoms with Crippen molar-refractivity contribution < 1.29 is 9.59 Å². The van der Waals surface area contributed by atoms with Crippen molar-refractivity contribution in [1.29, 1.82) is 0 Å². The average molecular weight is 485 g/mol. The number of fused-ring (bicyclic) bond motifs is 1. The molecule has 1 atom stereocenters. The van der Waals surface area contributed by atoms with Gasteiger partial charge in [-0.3, -0.25) is 19.2 Å². The lowest BCUT2D eigenvalue weighted by Crippen LogP contribution is -2.64. The highest BCUT2D eigenvalue weighted by Crippen LogP contribution is 2.35. The lowest BCUT2D eigenvalue weighted by Gasteiger charge is -2.43. The highest BCUT2D eigenvalue weighted by molar-refractivity contribution is 7.13. The number of aryl methyl sites for hydroxylation is 3. The number of aromatic nitrogens is 2. The average Bonchev–Trinajstić information content (AvgIpc) is 3.51. The number of hydrogen-bond donors (Lipinski definition) is 1. The molecular weight excluding hydrogens is 456 g/mol. The van der Waals surface area contributed by atoms with E-state index in [2.05, 4.69) is 5.32 Å². The Hall–Kier alpha value is -3.71. The van der Waals surface area contributed by atoms with E-state index in [9.17, 15) is 9.59 Å². The van der Waals surface area contributed by atoms with Gasteiger partial charge in [0.25, 0.3) is 5.91 Å². The third-order valence-electron chi connectivity index (χ3n) is 6.74. The quantitative estimate of drug-likeness (QED) is 0.420. The Bertz CT molecular complexity index is 1410. The molecule has 3 heterocycles. The smallest absolute Gasteiger partial charge is 0.277 e. The molecule has 0 saturated carbocycles. The van der Waals surface area contributed by atoms with Crippen LogP contribution in [0.2, 0.25) is 0 Å². The second kappa shape index (κ2) is 8.82. The minimum atomic E-state index is -1.16. The van der Waals surface area contributed by atoms with E-state index < -0.39 is 5.54 Å². The molecular formula is C28H28N4O2S. The third kappa shape index (κ3) is 4.17. The Balaban J connectivity index is 1.54. The first kappa shape index (κ1) is 23.1. The molecule has 35 heavy (non-hydrogen) atoms. The van der Waals surface area contributed by atoms with Gasteiger partial charge in [-0.05, 0) is 74.0 Å².